The number of nitrogen functional groups attached to an aromatic ring is 1. The van der Waals surface area contributed by atoms with Gasteiger partial charge in [-0.1, -0.05) is 0 Å². The third-order valence-corrected chi connectivity index (χ3v) is 6.36. The van der Waals surface area contributed by atoms with Crippen LogP contribution in [-0.2, 0) is 16.6 Å². The standard InChI is InChI=1S/C13H15BrN2O3S2/c1-16(7-9-5-13(14)20-8-9)21(17,18)12-4-3-10(19-2)6-11(12)15/h3-6,8H,7,15H2,1-2H3. The SMILES string of the molecule is COc1ccc(S(=O)(=O)N(C)Cc2csc(Br)c2)c(N)c1. The van der Waals surface area contributed by atoms with Crippen molar-refractivity contribution in [2.75, 3.05) is 19.9 Å². The summed E-state index contributed by atoms with van der Waals surface area (Å²) in [7, 11) is -0.606. The molecule has 1 aromatic heterocycles. The molecular formula is C13H15BrN2O3S2. The van der Waals surface area contributed by atoms with Gasteiger partial charge in [-0.25, -0.2) is 8.42 Å². The lowest BCUT2D eigenvalue weighted by Gasteiger charge is -2.18. The van der Waals surface area contributed by atoms with Gasteiger partial charge >= 0.3 is 0 Å². The van der Waals surface area contributed by atoms with Crippen LogP contribution in [-0.4, -0.2) is 26.9 Å². The first kappa shape index (κ1) is 16.3. The Labute approximate surface area is 136 Å². The van der Waals surface area contributed by atoms with Crippen molar-refractivity contribution in [2.24, 2.45) is 0 Å². The Bertz CT molecular complexity index is 744. The van der Waals surface area contributed by atoms with E-state index in [1.165, 1.54) is 41.9 Å². The van der Waals surface area contributed by atoms with E-state index in [-0.39, 0.29) is 17.1 Å². The van der Waals surface area contributed by atoms with E-state index in [1.54, 1.807) is 6.07 Å². The fourth-order valence-electron chi connectivity index (χ4n) is 1.83. The minimum atomic E-state index is -3.64. The number of nitrogens with two attached hydrogens (primary N) is 1. The highest BCUT2D eigenvalue weighted by molar-refractivity contribution is 9.11. The molecule has 0 unspecified atom stereocenters. The molecule has 2 N–H and O–H groups in total. The Kier molecular flexibility index (Phi) is 4.92. The summed E-state index contributed by atoms with van der Waals surface area (Å²) >= 11 is 4.88. The summed E-state index contributed by atoms with van der Waals surface area (Å²) in [6.45, 7) is 0.288. The van der Waals surface area contributed by atoms with E-state index in [4.69, 9.17) is 10.5 Å². The molecule has 1 aromatic carbocycles. The fraction of sp³-hybridized carbons (Fsp3) is 0.231. The first-order valence-electron chi connectivity index (χ1n) is 5.97. The van der Waals surface area contributed by atoms with Crippen LogP contribution in [0.4, 0.5) is 5.69 Å². The number of sulfonamides is 1. The smallest absolute Gasteiger partial charge is 0.245 e. The van der Waals surface area contributed by atoms with Crippen LogP contribution in [0.3, 0.4) is 0 Å². The number of ether oxygens (including phenoxy) is 1. The maximum Gasteiger partial charge on any atom is 0.245 e. The summed E-state index contributed by atoms with van der Waals surface area (Å²) in [5, 5.41) is 1.91. The summed E-state index contributed by atoms with van der Waals surface area (Å²) < 4.78 is 32.4. The van der Waals surface area contributed by atoms with E-state index in [0.717, 1.165) is 9.35 Å². The molecule has 0 aliphatic heterocycles. The summed E-state index contributed by atoms with van der Waals surface area (Å²) in [4.78, 5) is 0.0834. The molecule has 1 heterocycles. The van der Waals surface area contributed by atoms with Crippen molar-refractivity contribution >= 4 is 43.0 Å². The van der Waals surface area contributed by atoms with Gasteiger partial charge in [-0.2, -0.15) is 4.31 Å². The molecule has 0 aliphatic rings. The van der Waals surface area contributed by atoms with Gasteiger partial charge in [0.15, 0.2) is 0 Å². The number of halogens is 1. The molecule has 2 aromatic rings. The van der Waals surface area contributed by atoms with Gasteiger partial charge in [0.25, 0.3) is 0 Å². The molecule has 21 heavy (non-hydrogen) atoms. The summed E-state index contributed by atoms with van der Waals surface area (Å²) in [5.41, 5.74) is 6.92. The summed E-state index contributed by atoms with van der Waals surface area (Å²) in [5.74, 6) is 0.524. The average Bonchev–Trinajstić information content (AvgIpc) is 2.83. The molecule has 114 valence electrons. The Hall–Kier alpha value is -1.09. The van der Waals surface area contributed by atoms with Crippen molar-refractivity contribution < 1.29 is 13.2 Å². The second-order valence-corrected chi connectivity index (χ2v) is 8.73. The quantitative estimate of drug-likeness (QED) is 0.796. The Morgan fingerprint density at radius 1 is 1.38 bits per heavy atom. The van der Waals surface area contributed by atoms with Crippen LogP contribution in [0.15, 0.2) is 38.3 Å². The Balaban J connectivity index is 2.28. The molecule has 0 atom stereocenters. The fourth-order valence-corrected chi connectivity index (χ4v) is 4.28. The van der Waals surface area contributed by atoms with Gasteiger partial charge in [-0.05, 0) is 45.1 Å². The number of benzene rings is 1. The molecule has 0 saturated heterocycles. The van der Waals surface area contributed by atoms with E-state index in [9.17, 15) is 8.42 Å². The topological polar surface area (TPSA) is 72.6 Å². The number of rotatable bonds is 5. The van der Waals surface area contributed by atoms with Gasteiger partial charge in [0, 0.05) is 19.7 Å². The maximum atomic E-state index is 12.6. The zero-order valence-electron chi connectivity index (χ0n) is 11.5. The number of hydrogen-bond donors (Lipinski definition) is 1. The lowest BCUT2D eigenvalue weighted by molar-refractivity contribution is 0.414. The minimum absolute atomic E-state index is 0.0834. The van der Waals surface area contributed by atoms with Gasteiger partial charge < -0.3 is 10.5 Å². The van der Waals surface area contributed by atoms with E-state index in [2.05, 4.69) is 15.9 Å². The zero-order valence-corrected chi connectivity index (χ0v) is 14.8. The van der Waals surface area contributed by atoms with Crippen LogP contribution in [0.1, 0.15) is 5.56 Å². The van der Waals surface area contributed by atoms with Crippen LogP contribution in [0.25, 0.3) is 0 Å². The predicted molar refractivity (Wildman–Crippen MR) is 88.1 cm³/mol. The lowest BCUT2D eigenvalue weighted by atomic mass is 10.3. The normalized spacial score (nSPS) is 11.8. The van der Waals surface area contributed by atoms with Crippen molar-refractivity contribution in [1.82, 2.24) is 4.31 Å². The first-order valence-corrected chi connectivity index (χ1v) is 9.08. The number of nitrogens with zero attached hydrogens (tertiary/aromatic N) is 1. The van der Waals surface area contributed by atoms with Gasteiger partial charge in [0.1, 0.15) is 10.6 Å². The second kappa shape index (κ2) is 6.35. The van der Waals surface area contributed by atoms with Gasteiger partial charge in [0.2, 0.25) is 10.0 Å². The molecule has 0 spiro atoms. The molecule has 0 radical (unpaired) electrons. The minimum Gasteiger partial charge on any atom is -0.497 e. The first-order chi connectivity index (χ1) is 9.84. The highest BCUT2D eigenvalue weighted by Gasteiger charge is 2.24. The van der Waals surface area contributed by atoms with Crippen molar-refractivity contribution in [2.45, 2.75) is 11.4 Å². The zero-order chi connectivity index (χ0) is 15.6. The number of hydrogen-bond acceptors (Lipinski definition) is 5. The number of thiophene rings is 1. The van der Waals surface area contributed by atoms with Crippen molar-refractivity contribution in [3.63, 3.8) is 0 Å². The van der Waals surface area contributed by atoms with Crippen LogP contribution < -0.4 is 10.5 Å². The van der Waals surface area contributed by atoms with E-state index < -0.39 is 10.0 Å². The molecule has 5 nitrogen and oxygen atoms in total. The van der Waals surface area contributed by atoms with Crippen molar-refractivity contribution in [3.8, 4) is 5.75 Å². The molecule has 0 aliphatic carbocycles. The van der Waals surface area contributed by atoms with Crippen LogP contribution in [0.2, 0.25) is 0 Å². The second-order valence-electron chi connectivity index (χ2n) is 4.42. The molecule has 0 bridgehead atoms. The molecular weight excluding hydrogens is 376 g/mol. The molecule has 0 saturated carbocycles. The van der Waals surface area contributed by atoms with E-state index in [1.807, 2.05) is 11.4 Å². The highest BCUT2D eigenvalue weighted by atomic mass is 79.9. The van der Waals surface area contributed by atoms with Crippen LogP contribution in [0.5, 0.6) is 5.75 Å². The van der Waals surface area contributed by atoms with Crippen molar-refractivity contribution in [1.29, 1.82) is 0 Å². The summed E-state index contributed by atoms with van der Waals surface area (Å²) in [6, 6.07) is 6.44. The average molecular weight is 391 g/mol. The summed E-state index contributed by atoms with van der Waals surface area (Å²) in [6.07, 6.45) is 0. The van der Waals surface area contributed by atoms with Crippen molar-refractivity contribution in [3.05, 3.63) is 39.0 Å². The molecule has 0 fully saturated rings. The number of methoxy groups -OCH3 is 1. The number of anilines is 1. The third-order valence-electron chi connectivity index (χ3n) is 2.93. The van der Waals surface area contributed by atoms with Gasteiger partial charge in [-0.3, -0.25) is 0 Å². The van der Waals surface area contributed by atoms with Crippen LogP contribution in [0, 0.1) is 0 Å². The third kappa shape index (κ3) is 3.57. The predicted octanol–water partition coefficient (Wildman–Crippen LogP) is 2.92. The van der Waals surface area contributed by atoms with E-state index >= 15 is 0 Å². The van der Waals surface area contributed by atoms with E-state index in [0.29, 0.717) is 5.75 Å². The Morgan fingerprint density at radius 3 is 2.62 bits per heavy atom. The monoisotopic (exact) mass is 390 g/mol. The lowest BCUT2D eigenvalue weighted by Crippen LogP contribution is -2.27. The molecule has 0 amide bonds. The maximum absolute atomic E-state index is 12.6. The largest absolute Gasteiger partial charge is 0.497 e. The van der Waals surface area contributed by atoms with Crippen LogP contribution >= 0.6 is 27.3 Å². The van der Waals surface area contributed by atoms with Gasteiger partial charge in [0.05, 0.1) is 16.6 Å². The highest BCUT2D eigenvalue weighted by Crippen LogP contribution is 2.28. The van der Waals surface area contributed by atoms with Gasteiger partial charge in [-0.15, -0.1) is 11.3 Å². The Morgan fingerprint density at radius 2 is 2.10 bits per heavy atom. The molecule has 8 heteroatoms. The molecule has 2 rings (SSSR count).